The molecular formula is C13H25N3O. The van der Waals surface area contributed by atoms with Crippen molar-refractivity contribution in [1.82, 2.24) is 9.80 Å². The van der Waals surface area contributed by atoms with E-state index in [0.29, 0.717) is 6.04 Å². The molecule has 2 N–H and O–H groups in total. The first-order chi connectivity index (χ1) is 8.22. The number of hydrogen-bond donors (Lipinski definition) is 1. The van der Waals surface area contributed by atoms with Crippen LogP contribution in [0.2, 0.25) is 0 Å². The predicted molar refractivity (Wildman–Crippen MR) is 68.7 cm³/mol. The molecule has 2 rings (SSSR count). The second-order valence-corrected chi connectivity index (χ2v) is 5.36. The van der Waals surface area contributed by atoms with Gasteiger partial charge in [0.15, 0.2) is 0 Å². The summed E-state index contributed by atoms with van der Waals surface area (Å²) in [5.74, 6) is 0.161. The Kier molecular flexibility index (Phi) is 4.40. The normalized spacial score (nSPS) is 27.6. The lowest BCUT2D eigenvalue weighted by Crippen LogP contribution is -2.44. The Labute approximate surface area is 104 Å². The van der Waals surface area contributed by atoms with Crippen LogP contribution in [0.3, 0.4) is 0 Å². The molecule has 0 aromatic rings. The standard InChI is InChI=1S/C13H25N3O/c1-2-5-12(14)13(17)16-9-6-11(10-16)15-7-3-4-8-15/h11-12H,2-10,14H2,1H3/t11?,12-/m1/s1. The molecule has 0 aromatic carbocycles. The van der Waals surface area contributed by atoms with E-state index < -0.39 is 0 Å². The second-order valence-electron chi connectivity index (χ2n) is 5.36. The smallest absolute Gasteiger partial charge is 0.239 e. The van der Waals surface area contributed by atoms with Gasteiger partial charge in [0.2, 0.25) is 5.91 Å². The summed E-state index contributed by atoms with van der Waals surface area (Å²) in [5.41, 5.74) is 5.90. The van der Waals surface area contributed by atoms with Gasteiger partial charge in [0.25, 0.3) is 0 Å². The maximum absolute atomic E-state index is 12.1. The summed E-state index contributed by atoms with van der Waals surface area (Å²) in [6.07, 6.45) is 5.56. The summed E-state index contributed by atoms with van der Waals surface area (Å²) < 4.78 is 0. The third-order valence-electron chi connectivity index (χ3n) is 4.05. The van der Waals surface area contributed by atoms with E-state index in [1.165, 1.54) is 25.9 Å². The first kappa shape index (κ1) is 12.8. The van der Waals surface area contributed by atoms with Crippen molar-refractivity contribution in [3.8, 4) is 0 Å². The number of hydrogen-bond acceptors (Lipinski definition) is 3. The summed E-state index contributed by atoms with van der Waals surface area (Å²) in [4.78, 5) is 16.6. The zero-order valence-electron chi connectivity index (χ0n) is 10.9. The zero-order valence-corrected chi connectivity index (χ0v) is 10.9. The topological polar surface area (TPSA) is 49.6 Å². The summed E-state index contributed by atoms with van der Waals surface area (Å²) in [5, 5.41) is 0. The van der Waals surface area contributed by atoms with Crippen LogP contribution in [-0.4, -0.2) is 54.0 Å². The lowest BCUT2D eigenvalue weighted by Gasteiger charge is -2.24. The molecule has 0 aliphatic carbocycles. The molecule has 4 heteroatoms. The highest BCUT2D eigenvalue weighted by Crippen LogP contribution is 2.21. The average Bonchev–Trinajstić information content (AvgIpc) is 2.98. The Hall–Kier alpha value is -0.610. The van der Waals surface area contributed by atoms with E-state index >= 15 is 0 Å². The Morgan fingerprint density at radius 3 is 2.71 bits per heavy atom. The van der Waals surface area contributed by atoms with Gasteiger partial charge >= 0.3 is 0 Å². The van der Waals surface area contributed by atoms with Crippen LogP contribution in [0.5, 0.6) is 0 Å². The molecule has 0 radical (unpaired) electrons. The van der Waals surface area contributed by atoms with Crippen LogP contribution < -0.4 is 5.73 Å². The second kappa shape index (κ2) is 5.83. The molecule has 17 heavy (non-hydrogen) atoms. The van der Waals surface area contributed by atoms with Gasteiger partial charge in [-0.05, 0) is 38.8 Å². The van der Waals surface area contributed by atoms with Crippen LogP contribution >= 0.6 is 0 Å². The van der Waals surface area contributed by atoms with E-state index in [2.05, 4.69) is 11.8 Å². The van der Waals surface area contributed by atoms with Crippen molar-refractivity contribution < 1.29 is 4.79 Å². The molecule has 0 bridgehead atoms. The van der Waals surface area contributed by atoms with Gasteiger partial charge in [-0.3, -0.25) is 9.69 Å². The van der Waals surface area contributed by atoms with Crippen LogP contribution in [-0.2, 0) is 4.79 Å². The van der Waals surface area contributed by atoms with Crippen LogP contribution in [0.1, 0.15) is 39.0 Å². The van der Waals surface area contributed by atoms with Crippen molar-refractivity contribution in [1.29, 1.82) is 0 Å². The number of nitrogens with two attached hydrogens (primary N) is 1. The molecule has 2 atom stereocenters. The van der Waals surface area contributed by atoms with Crippen LogP contribution in [0.25, 0.3) is 0 Å². The van der Waals surface area contributed by atoms with E-state index in [0.717, 1.165) is 32.4 Å². The number of nitrogens with zero attached hydrogens (tertiary/aromatic N) is 2. The number of rotatable bonds is 4. The van der Waals surface area contributed by atoms with Gasteiger partial charge in [-0.25, -0.2) is 0 Å². The largest absolute Gasteiger partial charge is 0.340 e. The third kappa shape index (κ3) is 2.99. The minimum atomic E-state index is -0.280. The van der Waals surface area contributed by atoms with Crippen molar-refractivity contribution in [2.75, 3.05) is 26.2 Å². The van der Waals surface area contributed by atoms with E-state index in [1.807, 2.05) is 4.90 Å². The highest BCUT2D eigenvalue weighted by Gasteiger charge is 2.32. The Morgan fingerprint density at radius 2 is 2.06 bits per heavy atom. The van der Waals surface area contributed by atoms with Gasteiger partial charge < -0.3 is 10.6 Å². The molecule has 2 heterocycles. The van der Waals surface area contributed by atoms with Crippen LogP contribution in [0.4, 0.5) is 0 Å². The lowest BCUT2D eigenvalue weighted by molar-refractivity contribution is -0.131. The summed E-state index contributed by atoms with van der Waals surface area (Å²) >= 11 is 0. The van der Waals surface area contributed by atoms with Crippen molar-refractivity contribution in [2.45, 2.75) is 51.1 Å². The quantitative estimate of drug-likeness (QED) is 0.790. The minimum absolute atomic E-state index is 0.161. The summed E-state index contributed by atoms with van der Waals surface area (Å²) in [6.45, 7) is 6.30. The van der Waals surface area contributed by atoms with E-state index in [-0.39, 0.29) is 11.9 Å². The first-order valence-corrected chi connectivity index (χ1v) is 7.00. The summed E-state index contributed by atoms with van der Waals surface area (Å²) in [7, 11) is 0. The molecule has 2 aliphatic heterocycles. The average molecular weight is 239 g/mol. The van der Waals surface area contributed by atoms with Crippen molar-refractivity contribution in [2.24, 2.45) is 5.73 Å². The Bertz CT molecular complexity index is 263. The lowest BCUT2D eigenvalue weighted by atomic mass is 10.1. The van der Waals surface area contributed by atoms with Gasteiger partial charge in [0.05, 0.1) is 6.04 Å². The molecule has 0 spiro atoms. The van der Waals surface area contributed by atoms with Gasteiger partial charge in [0, 0.05) is 19.1 Å². The Balaban J connectivity index is 1.82. The predicted octanol–water partition coefficient (Wildman–Crippen LogP) is 0.811. The van der Waals surface area contributed by atoms with Crippen molar-refractivity contribution in [3.63, 3.8) is 0 Å². The SMILES string of the molecule is CCC[C@@H](N)C(=O)N1CCC(N2CCCC2)C1. The van der Waals surface area contributed by atoms with E-state index in [9.17, 15) is 4.79 Å². The molecular weight excluding hydrogens is 214 g/mol. The summed E-state index contributed by atoms with van der Waals surface area (Å²) in [6, 6.07) is 0.313. The van der Waals surface area contributed by atoms with Gasteiger partial charge in [0.1, 0.15) is 0 Å². The van der Waals surface area contributed by atoms with Crippen LogP contribution in [0.15, 0.2) is 0 Å². The van der Waals surface area contributed by atoms with E-state index in [1.54, 1.807) is 0 Å². The van der Waals surface area contributed by atoms with Crippen molar-refractivity contribution in [3.05, 3.63) is 0 Å². The van der Waals surface area contributed by atoms with Gasteiger partial charge in [-0.2, -0.15) is 0 Å². The molecule has 2 fully saturated rings. The maximum atomic E-state index is 12.1. The molecule has 0 aromatic heterocycles. The molecule has 2 saturated heterocycles. The monoisotopic (exact) mass is 239 g/mol. The fourth-order valence-electron chi connectivity index (χ4n) is 3.02. The highest BCUT2D eigenvalue weighted by molar-refractivity contribution is 5.81. The number of likely N-dealkylation sites (tertiary alicyclic amines) is 2. The number of carbonyl (C=O) groups excluding carboxylic acids is 1. The third-order valence-corrected chi connectivity index (χ3v) is 4.05. The van der Waals surface area contributed by atoms with Gasteiger partial charge in [-0.1, -0.05) is 13.3 Å². The number of amides is 1. The highest BCUT2D eigenvalue weighted by atomic mass is 16.2. The molecule has 4 nitrogen and oxygen atoms in total. The molecule has 0 saturated carbocycles. The molecule has 98 valence electrons. The van der Waals surface area contributed by atoms with E-state index in [4.69, 9.17) is 5.73 Å². The minimum Gasteiger partial charge on any atom is -0.340 e. The maximum Gasteiger partial charge on any atom is 0.239 e. The zero-order chi connectivity index (χ0) is 12.3. The number of carbonyl (C=O) groups is 1. The molecule has 1 unspecified atom stereocenters. The molecule has 2 aliphatic rings. The molecule has 1 amide bonds. The fraction of sp³-hybridized carbons (Fsp3) is 0.923. The van der Waals surface area contributed by atoms with Gasteiger partial charge in [-0.15, -0.1) is 0 Å². The first-order valence-electron chi connectivity index (χ1n) is 7.00. The fourth-order valence-corrected chi connectivity index (χ4v) is 3.02. The Morgan fingerprint density at radius 1 is 1.35 bits per heavy atom. The van der Waals surface area contributed by atoms with Crippen LogP contribution in [0, 0.1) is 0 Å². The van der Waals surface area contributed by atoms with Crippen molar-refractivity contribution >= 4 is 5.91 Å².